The molecule has 0 saturated heterocycles. The van der Waals surface area contributed by atoms with Crippen molar-refractivity contribution in [3.63, 3.8) is 0 Å². The van der Waals surface area contributed by atoms with Crippen molar-refractivity contribution in [1.29, 1.82) is 0 Å². The van der Waals surface area contributed by atoms with E-state index in [0.29, 0.717) is 5.88 Å². The monoisotopic (exact) mass is 217 g/mol. The fraction of sp³-hybridized carbons (Fsp3) is 0.818. The van der Waals surface area contributed by atoms with Crippen molar-refractivity contribution in [1.82, 2.24) is 5.32 Å². The zero-order valence-electron chi connectivity index (χ0n) is 8.58. The normalized spacial score (nSPS) is 29.3. The van der Waals surface area contributed by atoms with Crippen LogP contribution in [-0.2, 0) is 0 Å². The molecule has 82 valence electrons. The zero-order chi connectivity index (χ0) is 10.2. The van der Waals surface area contributed by atoms with Gasteiger partial charge in [0.2, 0.25) is 0 Å². The van der Waals surface area contributed by atoms with E-state index >= 15 is 0 Å². The standard InChI is InChI=1S/C11H20ClNO/c12-8-4-5-9-13-10-6-2-1-3-7-11(10)14/h4-5,10-11,13-14H,1-3,6-9H2/b5-4+. The molecule has 0 heterocycles. The molecule has 0 radical (unpaired) electrons. The van der Waals surface area contributed by atoms with Gasteiger partial charge in [0.15, 0.2) is 0 Å². The Morgan fingerprint density at radius 3 is 2.79 bits per heavy atom. The van der Waals surface area contributed by atoms with E-state index in [4.69, 9.17) is 11.6 Å². The first-order valence-corrected chi connectivity index (χ1v) is 6.00. The number of nitrogens with one attached hydrogen (secondary N) is 1. The molecule has 1 saturated carbocycles. The van der Waals surface area contributed by atoms with Gasteiger partial charge in [-0.1, -0.05) is 31.4 Å². The second kappa shape index (κ2) is 7.27. The van der Waals surface area contributed by atoms with Gasteiger partial charge in [-0.3, -0.25) is 0 Å². The Labute approximate surface area is 91.3 Å². The molecule has 14 heavy (non-hydrogen) atoms. The summed E-state index contributed by atoms with van der Waals surface area (Å²) in [5.74, 6) is 0.564. The third-order valence-electron chi connectivity index (χ3n) is 2.73. The van der Waals surface area contributed by atoms with Crippen LogP contribution in [0.1, 0.15) is 32.1 Å². The molecular formula is C11H20ClNO. The van der Waals surface area contributed by atoms with Crippen molar-refractivity contribution in [3.8, 4) is 0 Å². The minimum Gasteiger partial charge on any atom is -0.392 e. The van der Waals surface area contributed by atoms with Crippen molar-refractivity contribution in [2.24, 2.45) is 0 Å². The first-order valence-electron chi connectivity index (χ1n) is 5.47. The van der Waals surface area contributed by atoms with Gasteiger partial charge in [-0.05, 0) is 12.8 Å². The number of hydrogen-bond donors (Lipinski definition) is 2. The van der Waals surface area contributed by atoms with Gasteiger partial charge in [-0.25, -0.2) is 0 Å². The largest absolute Gasteiger partial charge is 0.392 e. The fourth-order valence-electron chi connectivity index (χ4n) is 1.89. The van der Waals surface area contributed by atoms with E-state index in [9.17, 15) is 5.11 Å². The third kappa shape index (κ3) is 4.45. The molecule has 0 aliphatic heterocycles. The Morgan fingerprint density at radius 2 is 2.00 bits per heavy atom. The predicted octanol–water partition coefficient (Wildman–Crippen LogP) is 2.06. The molecule has 2 unspecified atom stereocenters. The lowest BCUT2D eigenvalue weighted by Gasteiger charge is -2.20. The van der Waals surface area contributed by atoms with Crippen molar-refractivity contribution in [3.05, 3.63) is 12.2 Å². The van der Waals surface area contributed by atoms with Gasteiger partial charge in [0.1, 0.15) is 0 Å². The van der Waals surface area contributed by atoms with E-state index in [0.717, 1.165) is 25.8 Å². The molecule has 0 spiro atoms. The number of aliphatic hydroxyl groups excluding tert-OH is 1. The second-order valence-corrected chi connectivity index (χ2v) is 4.15. The van der Waals surface area contributed by atoms with Crippen molar-refractivity contribution >= 4 is 11.6 Å². The molecule has 0 aromatic rings. The quantitative estimate of drug-likeness (QED) is 0.429. The Bertz CT molecular complexity index is 173. The van der Waals surface area contributed by atoms with Crippen LogP contribution in [0.4, 0.5) is 0 Å². The summed E-state index contributed by atoms with van der Waals surface area (Å²) in [7, 11) is 0. The van der Waals surface area contributed by atoms with Gasteiger partial charge in [-0.15, -0.1) is 11.6 Å². The molecule has 2 N–H and O–H groups in total. The zero-order valence-corrected chi connectivity index (χ0v) is 9.34. The van der Waals surface area contributed by atoms with E-state index < -0.39 is 0 Å². The highest BCUT2D eigenvalue weighted by atomic mass is 35.5. The Morgan fingerprint density at radius 1 is 1.21 bits per heavy atom. The molecule has 1 rings (SSSR count). The third-order valence-corrected chi connectivity index (χ3v) is 2.91. The molecule has 0 aromatic carbocycles. The maximum atomic E-state index is 9.79. The van der Waals surface area contributed by atoms with Crippen molar-refractivity contribution in [2.75, 3.05) is 12.4 Å². The Kier molecular flexibility index (Phi) is 6.24. The number of aliphatic hydroxyl groups is 1. The van der Waals surface area contributed by atoms with Gasteiger partial charge >= 0.3 is 0 Å². The molecule has 1 fully saturated rings. The highest BCUT2D eigenvalue weighted by Gasteiger charge is 2.19. The number of rotatable bonds is 4. The van der Waals surface area contributed by atoms with Crippen LogP contribution in [0.15, 0.2) is 12.2 Å². The highest BCUT2D eigenvalue weighted by molar-refractivity contribution is 6.18. The molecule has 0 aromatic heterocycles. The van der Waals surface area contributed by atoms with Gasteiger partial charge in [-0.2, -0.15) is 0 Å². The van der Waals surface area contributed by atoms with Crippen molar-refractivity contribution in [2.45, 2.75) is 44.2 Å². The summed E-state index contributed by atoms with van der Waals surface area (Å²) in [4.78, 5) is 0. The summed E-state index contributed by atoms with van der Waals surface area (Å²) in [6.45, 7) is 0.814. The summed E-state index contributed by atoms with van der Waals surface area (Å²) in [5, 5.41) is 13.1. The van der Waals surface area contributed by atoms with Crippen LogP contribution in [-0.4, -0.2) is 29.7 Å². The average molecular weight is 218 g/mol. The number of halogens is 1. The summed E-state index contributed by atoms with van der Waals surface area (Å²) in [5.41, 5.74) is 0. The number of hydrogen-bond acceptors (Lipinski definition) is 2. The van der Waals surface area contributed by atoms with Crippen molar-refractivity contribution < 1.29 is 5.11 Å². The van der Waals surface area contributed by atoms with Gasteiger partial charge < -0.3 is 10.4 Å². The van der Waals surface area contributed by atoms with Gasteiger partial charge in [0.25, 0.3) is 0 Å². The summed E-state index contributed by atoms with van der Waals surface area (Å²) in [6, 6.07) is 0.275. The molecule has 0 bridgehead atoms. The van der Waals surface area contributed by atoms with Crippen LogP contribution in [0.3, 0.4) is 0 Å². The van der Waals surface area contributed by atoms with Crippen LogP contribution in [0.2, 0.25) is 0 Å². The number of alkyl halides is 1. The maximum absolute atomic E-state index is 9.79. The van der Waals surface area contributed by atoms with E-state index in [1.165, 1.54) is 12.8 Å². The Balaban J connectivity index is 2.22. The Hall–Kier alpha value is -0.0500. The summed E-state index contributed by atoms with van der Waals surface area (Å²) in [6.07, 6.45) is 9.47. The lowest BCUT2D eigenvalue weighted by atomic mass is 10.1. The molecule has 0 amide bonds. The minimum absolute atomic E-state index is 0.165. The van der Waals surface area contributed by atoms with Crippen LogP contribution in [0.25, 0.3) is 0 Å². The molecule has 1 aliphatic rings. The first-order chi connectivity index (χ1) is 6.84. The first kappa shape index (κ1) is 12.0. The van der Waals surface area contributed by atoms with Gasteiger partial charge in [0.05, 0.1) is 6.10 Å². The molecule has 2 atom stereocenters. The van der Waals surface area contributed by atoms with E-state index in [2.05, 4.69) is 5.32 Å². The summed E-state index contributed by atoms with van der Waals surface area (Å²) >= 11 is 5.51. The molecule has 2 nitrogen and oxygen atoms in total. The summed E-state index contributed by atoms with van der Waals surface area (Å²) < 4.78 is 0. The van der Waals surface area contributed by atoms with Crippen LogP contribution in [0.5, 0.6) is 0 Å². The molecular weight excluding hydrogens is 198 g/mol. The minimum atomic E-state index is -0.165. The molecule has 3 heteroatoms. The van der Waals surface area contributed by atoms with Crippen LogP contribution >= 0.6 is 11.6 Å². The highest BCUT2D eigenvalue weighted by Crippen LogP contribution is 2.17. The number of allylic oxidation sites excluding steroid dienone is 1. The van der Waals surface area contributed by atoms with E-state index in [1.54, 1.807) is 0 Å². The lowest BCUT2D eigenvalue weighted by molar-refractivity contribution is 0.122. The topological polar surface area (TPSA) is 32.3 Å². The average Bonchev–Trinajstić information content (AvgIpc) is 2.39. The SMILES string of the molecule is OC1CCCCCC1NC/C=C/CCl. The smallest absolute Gasteiger partial charge is 0.0693 e. The van der Waals surface area contributed by atoms with Crippen LogP contribution < -0.4 is 5.32 Å². The maximum Gasteiger partial charge on any atom is 0.0693 e. The van der Waals surface area contributed by atoms with E-state index in [-0.39, 0.29) is 12.1 Å². The fourth-order valence-corrected chi connectivity index (χ4v) is 2.02. The van der Waals surface area contributed by atoms with Gasteiger partial charge in [0, 0.05) is 18.5 Å². The van der Waals surface area contributed by atoms with E-state index in [1.807, 2.05) is 12.2 Å². The van der Waals surface area contributed by atoms with Crippen LogP contribution in [0, 0.1) is 0 Å². The lowest BCUT2D eigenvalue weighted by Crippen LogP contribution is -2.39. The second-order valence-electron chi connectivity index (χ2n) is 3.85. The predicted molar refractivity (Wildman–Crippen MR) is 60.7 cm³/mol. The molecule has 1 aliphatic carbocycles.